The number of hydrogen-bond donors (Lipinski definition) is 0. The molecule has 0 nitrogen and oxygen atoms in total. The fourth-order valence-electron chi connectivity index (χ4n) is 1.49. The van der Waals surface area contributed by atoms with Crippen LogP contribution >= 0.6 is 11.6 Å². The molecule has 0 aromatic heterocycles. The van der Waals surface area contributed by atoms with Gasteiger partial charge in [-0.1, -0.05) is 23.7 Å². The lowest BCUT2D eigenvalue weighted by atomic mass is 10.0. The van der Waals surface area contributed by atoms with Crippen LogP contribution in [0.1, 0.15) is 11.1 Å². The number of alkyl halides is 2. The zero-order valence-electron chi connectivity index (χ0n) is 8.63. The normalized spacial score (nSPS) is 11.5. The molecule has 0 N–H and O–H groups in total. The average molecular weight is 257 g/mol. The first kappa shape index (κ1) is 12.0. The van der Waals surface area contributed by atoms with Crippen molar-refractivity contribution in [1.82, 2.24) is 0 Å². The van der Waals surface area contributed by atoms with Crippen LogP contribution in [0.3, 0.4) is 0 Å². The molecular weight excluding hydrogens is 249 g/mol. The third-order valence-corrected chi connectivity index (χ3v) is 2.67. The molecule has 0 spiro atoms. The highest BCUT2D eigenvalue weighted by Gasteiger charge is 2.33. The van der Waals surface area contributed by atoms with Crippen molar-refractivity contribution >= 4 is 11.6 Å². The van der Waals surface area contributed by atoms with Crippen molar-refractivity contribution in [2.45, 2.75) is 5.92 Å². The minimum absolute atomic E-state index is 0.173. The van der Waals surface area contributed by atoms with Gasteiger partial charge in [-0.25, -0.2) is 4.39 Å². The molecule has 0 aliphatic heterocycles. The summed E-state index contributed by atoms with van der Waals surface area (Å²) in [7, 11) is 0. The summed E-state index contributed by atoms with van der Waals surface area (Å²) >= 11 is 5.63. The standard InChI is InChI=1S/C13H8ClF3/c14-11-5-1-9(2-6-11)13(16,17)10-3-7-12(15)8-4-10/h1-8H. The van der Waals surface area contributed by atoms with E-state index in [0.717, 1.165) is 24.3 Å². The Bertz CT molecular complexity index is 456. The van der Waals surface area contributed by atoms with Crippen molar-refractivity contribution in [3.05, 3.63) is 70.5 Å². The van der Waals surface area contributed by atoms with Crippen LogP contribution in [0, 0.1) is 5.82 Å². The molecule has 0 bridgehead atoms. The van der Waals surface area contributed by atoms with Gasteiger partial charge in [-0.15, -0.1) is 0 Å². The van der Waals surface area contributed by atoms with E-state index in [-0.39, 0.29) is 11.1 Å². The van der Waals surface area contributed by atoms with Gasteiger partial charge in [-0.3, -0.25) is 0 Å². The molecule has 0 radical (unpaired) electrons. The van der Waals surface area contributed by atoms with Gasteiger partial charge in [0.2, 0.25) is 0 Å². The van der Waals surface area contributed by atoms with Crippen molar-refractivity contribution in [3.63, 3.8) is 0 Å². The number of hydrogen-bond acceptors (Lipinski definition) is 0. The zero-order valence-corrected chi connectivity index (χ0v) is 9.39. The van der Waals surface area contributed by atoms with Crippen LogP contribution in [0.5, 0.6) is 0 Å². The summed E-state index contributed by atoms with van der Waals surface area (Å²) in [4.78, 5) is 0. The molecule has 0 saturated carbocycles. The number of rotatable bonds is 2. The molecule has 0 unspecified atom stereocenters. The highest BCUT2D eigenvalue weighted by Crippen LogP contribution is 2.35. The van der Waals surface area contributed by atoms with Crippen LogP contribution < -0.4 is 0 Å². The number of halogens is 4. The van der Waals surface area contributed by atoms with Gasteiger partial charge >= 0.3 is 0 Å². The summed E-state index contributed by atoms with van der Waals surface area (Å²) < 4.78 is 40.6. The molecule has 0 fully saturated rings. The lowest BCUT2D eigenvalue weighted by molar-refractivity contribution is 0.0428. The van der Waals surface area contributed by atoms with Crippen LogP contribution in [-0.4, -0.2) is 0 Å². The van der Waals surface area contributed by atoms with E-state index in [4.69, 9.17) is 11.6 Å². The molecule has 0 heterocycles. The van der Waals surface area contributed by atoms with Gasteiger partial charge in [0.1, 0.15) is 5.82 Å². The highest BCUT2D eigenvalue weighted by molar-refractivity contribution is 6.30. The van der Waals surface area contributed by atoms with Crippen molar-refractivity contribution in [2.24, 2.45) is 0 Å². The van der Waals surface area contributed by atoms with Gasteiger partial charge in [0, 0.05) is 16.1 Å². The SMILES string of the molecule is Fc1ccc(C(F)(F)c2ccc(Cl)cc2)cc1. The van der Waals surface area contributed by atoms with E-state index in [9.17, 15) is 13.2 Å². The van der Waals surface area contributed by atoms with E-state index >= 15 is 0 Å². The molecule has 2 aromatic rings. The van der Waals surface area contributed by atoms with Gasteiger partial charge < -0.3 is 0 Å². The van der Waals surface area contributed by atoms with Crippen LogP contribution in [0.4, 0.5) is 13.2 Å². The second-order valence-electron chi connectivity index (χ2n) is 3.59. The molecule has 0 saturated heterocycles. The maximum Gasteiger partial charge on any atom is 0.298 e. The maximum absolute atomic E-state index is 14.0. The largest absolute Gasteiger partial charge is 0.298 e. The second-order valence-corrected chi connectivity index (χ2v) is 4.02. The van der Waals surface area contributed by atoms with Crippen molar-refractivity contribution in [3.8, 4) is 0 Å². The Balaban J connectivity index is 2.41. The van der Waals surface area contributed by atoms with Gasteiger partial charge in [-0.05, 0) is 36.4 Å². The third kappa shape index (κ3) is 2.44. The minimum Gasteiger partial charge on any atom is -0.207 e. The molecule has 0 aliphatic carbocycles. The van der Waals surface area contributed by atoms with E-state index in [1.165, 1.54) is 24.3 Å². The van der Waals surface area contributed by atoms with Gasteiger partial charge in [-0.2, -0.15) is 8.78 Å². The quantitative estimate of drug-likeness (QED) is 0.735. The van der Waals surface area contributed by atoms with E-state index in [2.05, 4.69) is 0 Å². The summed E-state index contributed by atoms with van der Waals surface area (Å²) in [6.45, 7) is 0. The topological polar surface area (TPSA) is 0 Å². The Morgan fingerprint density at radius 3 is 1.65 bits per heavy atom. The Labute approximate surface area is 102 Å². The van der Waals surface area contributed by atoms with Crippen LogP contribution in [0.2, 0.25) is 5.02 Å². The first-order valence-corrected chi connectivity index (χ1v) is 5.28. The van der Waals surface area contributed by atoms with Crippen LogP contribution in [-0.2, 0) is 5.92 Å². The molecule has 2 aromatic carbocycles. The first-order chi connectivity index (χ1) is 8.00. The smallest absolute Gasteiger partial charge is 0.207 e. The minimum atomic E-state index is -3.15. The molecular formula is C13H8ClF3. The Morgan fingerprint density at radius 2 is 1.18 bits per heavy atom. The highest BCUT2D eigenvalue weighted by atomic mass is 35.5. The molecule has 2 rings (SSSR count). The predicted octanol–water partition coefficient (Wildman–Crippen LogP) is 4.62. The summed E-state index contributed by atoms with van der Waals surface area (Å²) in [6, 6.07) is 9.48. The van der Waals surface area contributed by atoms with E-state index < -0.39 is 11.7 Å². The third-order valence-electron chi connectivity index (χ3n) is 2.41. The van der Waals surface area contributed by atoms with Gasteiger partial charge in [0.15, 0.2) is 0 Å². The Morgan fingerprint density at radius 1 is 0.765 bits per heavy atom. The molecule has 0 atom stereocenters. The van der Waals surface area contributed by atoms with Gasteiger partial charge in [0.25, 0.3) is 5.92 Å². The molecule has 4 heteroatoms. The monoisotopic (exact) mass is 256 g/mol. The summed E-state index contributed by atoms with van der Waals surface area (Å²) in [5, 5.41) is 0.392. The molecule has 88 valence electrons. The van der Waals surface area contributed by atoms with E-state index in [1.54, 1.807) is 0 Å². The summed E-state index contributed by atoms with van der Waals surface area (Å²) in [5.74, 6) is -3.70. The molecule has 17 heavy (non-hydrogen) atoms. The van der Waals surface area contributed by atoms with Crippen LogP contribution in [0.15, 0.2) is 48.5 Å². The average Bonchev–Trinajstić information content (AvgIpc) is 2.30. The maximum atomic E-state index is 14.0. The Kier molecular flexibility index (Phi) is 3.11. The van der Waals surface area contributed by atoms with Crippen LogP contribution in [0.25, 0.3) is 0 Å². The lowest BCUT2D eigenvalue weighted by Crippen LogP contribution is -2.14. The van der Waals surface area contributed by atoms with Gasteiger partial charge in [0.05, 0.1) is 0 Å². The lowest BCUT2D eigenvalue weighted by Gasteiger charge is -2.17. The first-order valence-electron chi connectivity index (χ1n) is 4.90. The summed E-state index contributed by atoms with van der Waals surface area (Å²) in [6.07, 6.45) is 0. The van der Waals surface area contributed by atoms with Crippen molar-refractivity contribution in [2.75, 3.05) is 0 Å². The summed E-state index contributed by atoms with van der Waals surface area (Å²) in [5.41, 5.74) is -0.422. The van der Waals surface area contributed by atoms with Crippen molar-refractivity contribution < 1.29 is 13.2 Å². The fraction of sp³-hybridized carbons (Fsp3) is 0.0769. The number of benzene rings is 2. The second kappa shape index (κ2) is 4.41. The Hall–Kier alpha value is -1.48. The van der Waals surface area contributed by atoms with E-state index in [1.807, 2.05) is 0 Å². The fourth-order valence-corrected chi connectivity index (χ4v) is 1.61. The van der Waals surface area contributed by atoms with E-state index in [0.29, 0.717) is 5.02 Å². The molecule has 0 amide bonds. The predicted molar refractivity (Wildman–Crippen MR) is 60.8 cm³/mol. The molecule has 0 aliphatic rings. The van der Waals surface area contributed by atoms with Crippen molar-refractivity contribution in [1.29, 1.82) is 0 Å². The zero-order chi connectivity index (χ0) is 12.5.